The van der Waals surface area contributed by atoms with Gasteiger partial charge in [-0.1, -0.05) is 11.6 Å². The van der Waals surface area contributed by atoms with E-state index < -0.39 is 10.2 Å². The van der Waals surface area contributed by atoms with Crippen LogP contribution < -0.4 is 10.0 Å². The van der Waals surface area contributed by atoms with Crippen molar-refractivity contribution in [2.75, 3.05) is 24.9 Å². The molecule has 0 atom stereocenters. The molecule has 2 N–H and O–H groups in total. The van der Waals surface area contributed by atoms with Crippen LogP contribution in [0.2, 0.25) is 5.02 Å². The first kappa shape index (κ1) is 16.5. The minimum atomic E-state index is -3.63. The second-order valence-electron chi connectivity index (χ2n) is 5.72. The van der Waals surface area contributed by atoms with Crippen molar-refractivity contribution < 1.29 is 17.9 Å². The summed E-state index contributed by atoms with van der Waals surface area (Å²) in [6.45, 7) is 0.642. The van der Waals surface area contributed by atoms with Gasteiger partial charge in [0, 0.05) is 26.2 Å². The minimum Gasteiger partial charge on any atom is -0.379 e. The number of nitrogens with zero attached hydrogens (tertiary/aromatic N) is 1. The number of rotatable bonds is 6. The number of carbonyl (C=O) groups is 1. The summed E-state index contributed by atoms with van der Waals surface area (Å²) in [6, 6.07) is 4.72. The van der Waals surface area contributed by atoms with Crippen molar-refractivity contribution in [3.63, 3.8) is 0 Å². The van der Waals surface area contributed by atoms with Gasteiger partial charge >= 0.3 is 10.2 Å². The van der Waals surface area contributed by atoms with E-state index in [4.69, 9.17) is 16.3 Å². The monoisotopic (exact) mass is 359 g/mol. The quantitative estimate of drug-likeness (QED) is 0.799. The number of hydrogen-bond donors (Lipinski definition) is 2. The molecular formula is C14H18ClN3O4S. The van der Waals surface area contributed by atoms with Gasteiger partial charge in [-0.3, -0.25) is 9.52 Å². The van der Waals surface area contributed by atoms with E-state index in [0.717, 1.165) is 12.8 Å². The van der Waals surface area contributed by atoms with E-state index >= 15 is 0 Å². The first-order chi connectivity index (χ1) is 10.9. The Morgan fingerprint density at radius 3 is 2.61 bits per heavy atom. The Morgan fingerprint density at radius 2 is 2.04 bits per heavy atom. The Labute approximate surface area is 140 Å². The smallest absolute Gasteiger partial charge is 0.301 e. The van der Waals surface area contributed by atoms with Gasteiger partial charge in [-0.15, -0.1) is 0 Å². The number of benzene rings is 1. The number of amides is 1. The fourth-order valence-electron chi connectivity index (χ4n) is 2.21. The first-order valence-corrected chi connectivity index (χ1v) is 9.12. The van der Waals surface area contributed by atoms with E-state index in [1.807, 2.05) is 0 Å². The molecule has 1 saturated carbocycles. The Kier molecular flexibility index (Phi) is 4.50. The Balaban J connectivity index is 1.66. The maximum absolute atomic E-state index is 12.2. The standard InChI is InChI=1S/C14H18ClN3O4S/c1-22-11-7-18(8-11)23(20,21)17-10-4-5-12(13(15)6-10)14(19)16-9-2-3-9/h4-6,9,11,17H,2-3,7-8H2,1H3,(H,16,19). The van der Waals surface area contributed by atoms with Crippen molar-refractivity contribution in [1.29, 1.82) is 0 Å². The second kappa shape index (κ2) is 6.27. The van der Waals surface area contributed by atoms with E-state index in [9.17, 15) is 13.2 Å². The molecule has 9 heteroatoms. The van der Waals surface area contributed by atoms with E-state index in [1.165, 1.54) is 22.5 Å². The van der Waals surface area contributed by atoms with Gasteiger partial charge in [0.2, 0.25) is 0 Å². The molecule has 7 nitrogen and oxygen atoms in total. The fraction of sp³-hybridized carbons (Fsp3) is 0.500. The molecule has 126 valence electrons. The minimum absolute atomic E-state index is 0.0661. The molecule has 1 aromatic carbocycles. The van der Waals surface area contributed by atoms with Gasteiger partial charge in [-0.25, -0.2) is 0 Å². The van der Waals surface area contributed by atoms with Gasteiger partial charge in [-0.2, -0.15) is 12.7 Å². The zero-order valence-corrected chi connectivity index (χ0v) is 14.2. The topological polar surface area (TPSA) is 87.7 Å². The highest BCUT2D eigenvalue weighted by atomic mass is 35.5. The van der Waals surface area contributed by atoms with Gasteiger partial charge in [0.15, 0.2) is 0 Å². The molecule has 3 rings (SSSR count). The summed E-state index contributed by atoms with van der Waals surface area (Å²) < 4.78 is 33.1. The lowest BCUT2D eigenvalue weighted by Gasteiger charge is -2.36. The molecule has 1 aromatic rings. The lowest BCUT2D eigenvalue weighted by Crippen LogP contribution is -2.55. The fourth-order valence-corrected chi connectivity index (χ4v) is 3.76. The average Bonchev–Trinajstić information content (AvgIpc) is 3.20. The molecule has 1 amide bonds. The molecule has 2 fully saturated rings. The molecule has 2 aliphatic rings. The van der Waals surface area contributed by atoms with Crippen molar-refractivity contribution in [1.82, 2.24) is 9.62 Å². The predicted octanol–water partition coefficient (Wildman–Crippen LogP) is 1.22. The summed E-state index contributed by atoms with van der Waals surface area (Å²) in [5.74, 6) is -0.238. The zero-order valence-electron chi connectivity index (χ0n) is 12.6. The summed E-state index contributed by atoms with van der Waals surface area (Å²) >= 11 is 6.10. The van der Waals surface area contributed by atoms with E-state index in [1.54, 1.807) is 7.11 Å². The lowest BCUT2D eigenvalue weighted by molar-refractivity contribution is 0.0128. The van der Waals surface area contributed by atoms with Crippen LogP contribution in [0.4, 0.5) is 5.69 Å². The molecular weight excluding hydrogens is 342 g/mol. The van der Waals surface area contributed by atoms with Crippen LogP contribution in [0.25, 0.3) is 0 Å². The SMILES string of the molecule is COC1CN(S(=O)(=O)Nc2ccc(C(=O)NC3CC3)c(Cl)c2)C1. The maximum atomic E-state index is 12.2. The van der Waals surface area contributed by atoms with Gasteiger partial charge in [0.05, 0.1) is 22.4 Å². The van der Waals surface area contributed by atoms with Crippen LogP contribution in [-0.2, 0) is 14.9 Å². The third-order valence-electron chi connectivity index (χ3n) is 3.86. The van der Waals surface area contributed by atoms with Gasteiger partial charge in [0.1, 0.15) is 0 Å². The number of halogens is 1. The largest absolute Gasteiger partial charge is 0.379 e. The van der Waals surface area contributed by atoms with Gasteiger partial charge in [0.25, 0.3) is 5.91 Å². The molecule has 0 unspecified atom stereocenters. The molecule has 1 heterocycles. The van der Waals surface area contributed by atoms with Crippen molar-refractivity contribution in [2.24, 2.45) is 0 Å². The van der Waals surface area contributed by atoms with E-state index in [0.29, 0.717) is 24.3 Å². The number of methoxy groups -OCH3 is 1. The maximum Gasteiger partial charge on any atom is 0.301 e. The third kappa shape index (κ3) is 3.77. The summed E-state index contributed by atoms with van der Waals surface area (Å²) in [5.41, 5.74) is 0.656. The highest BCUT2D eigenvalue weighted by Gasteiger charge is 2.36. The van der Waals surface area contributed by atoms with Crippen LogP contribution in [0, 0.1) is 0 Å². The first-order valence-electron chi connectivity index (χ1n) is 7.30. The van der Waals surface area contributed by atoms with Crippen LogP contribution >= 0.6 is 11.6 Å². The number of nitrogens with one attached hydrogen (secondary N) is 2. The van der Waals surface area contributed by atoms with Crippen LogP contribution in [0.1, 0.15) is 23.2 Å². The average molecular weight is 360 g/mol. The lowest BCUT2D eigenvalue weighted by atomic mass is 10.2. The zero-order chi connectivity index (χ0) is 16.6. The third-order valence-corrected chi connectivity index (χ3v) is 5.65. The van der Waals surface area contributed by atoms with Crippen molar-refractivity contribution in [3.05, 3.63) is 28.8 Å². The van der Waals surface area contributed by atoms with Crippen LogP contribution in [0.15, 0.2) is 18.2 Å². The second-order valence-corrected chi connectivity index (χ2v) is 7.80. The summed E-state index contributed by atoms with van der Waals surface area (Å²) in [5, 5.41) is 3.05. The van der Waals surface area contributed by atoms with Crippen LogP contribution in [0.3, 0.4) is 0 Å². The Bertz CT molecular complexity index is 715. The van der Waals surface area contributed by atoms with Gasteiger partial charge in [-0.05, 0) is 31.0 Å². The number of ether oxygens (including phenoxy) is 1. The van der Waals surface area contributed by atoms with Crippen LogP contribution in [-0.4, -0.2) is 51.0 Å². The van der Waals surface area contributed by atoms with Gasteiger partial charge < -0.3 is 10.1 Å². The summed E-state index contributed by atoms with van der Waals surface area (Å²) in [4.78, 5) is 12.0. The number of hydrogen-bond acceptors (Lipinski definition) is 4. The molecule has 23 heavy (non-hydrogen) atoms. The highest BCUT2D eigenvalue weighted by Crippen LogP contribution is 2.25. The predicted molar refractivity (Wildman–Crippen MR) is 86.9 cm³/mol. The van der Waals surface area contributed by atoms with Crippen molar-refractivity contribution in [3.8, 4) is 0 Å². The van der Waals surface area contributed by atoms with Crippen molar-refractivity contribution >= 4 is 33.4 Å². The van der Waals surface area contributed by atoms with Crippen LogP contribution in [0.5, 0.6) is 0 Å². The molecule has 0 bridgehead atoms. The Hall–Kier alpha value is -1.35. The molecule has 0 radical (unpaired) electrons. The molecule has 1 saturated heterocycles. The molecule has 0 aromatic heterocycles. The number of anilines is 1. The van der Waals surface area contributed by atoms with Crippen molar-refractivity contribution in [2.45, 2.75) is 25.0 Å². The normalized spacial score (nSPS) is 19.2. The van der Waals surface area contributed by atoms with E-state index in [-0.39, 0.29) is 23.1 Å². The molecule has 1 aliphatic carbocycles. The molecule has 1 aliphatic heterocycles. The highest BCUT2D eigenvalue weighted by molar-refractivity contribution is 7.90. The number of carbonyl (C=O) groups excluding carboxylic acids is 1. The molecule has 0 spiro atoms. The summed E-state index contributed by atoms with van der Waals surface area (Å²) in [7, 11) is -2.09. The summed E-state index contributed by atoms with van der Waals surface area (Å²) in [6.07, 6.45) is 1.91. The Morgan fingerprint density at radius 1 is 1.35 bits per heavy atom. The van der Waals surface area contributed by atoms with E-state index in [2.05, 4.69) is 10.0 Å².